The maximum atomic E-state index is 12.6. The van der Waals surface area contributed by atoms with E-state index >= 15 is 0 Å². The van der Waals surface area contributed by atoms with Crippen LogP contribution in [0, 0.1) is 11.7 Å². The van der Waals surface area contributed by atoms with Gasteiger partial charge in [-0.25, -0.2) is 4.39 Å². The molecule has 0 heterocycles. The smallest absolute Gasteiger partial charge is 0.303 e. The van der Waals surface area contributed by atoms with Crippen molar-refractivity contribution >= 4 is 12.1 Å². The second kappa shape index (κ2) is 5.75. The molecule has 0 fully saturated rings. The molecule has 1 rings (SSSR count). The van der Waals surface area contributed by atoms with Crippen molar-refractivity contribution in [3.8, 4) is 0 Å². The zero-order chi connectivity index (χ0) is 13.8. The predicted octanol–water partition coefficient (Wildman–Crippen LogP) is 3.17. The standard InChI is InChI=1S/C12H10F4O2/c13-10-3-1-8(2-4-10)11(18)7-9(5-6-17)12(14,15)16/h1-4,6,9H,5,7H2. The lowest BCUT2D eigenvalue weighted by Crippen LogP contribution is -2.26. The first kappa shape index (κ1) is 14.3. The Morgan fingerprint density at radius 1 is 1.22 bits per heavy atom. The average Bonchev–Trinajstić information content (AvgIpc) is 2.28. The van der Waals surface area contributed by atoms with Crippen LogP contribution in [0.5, 0.6) is 0 Å². The van der Waals surface area contributed by atoms with Gasteiger partial charge in [0.25, 0.3) is 0 Å². The molecule has 0 saturated carbocycles. The Kier molecular flexibility index (Phi) is 4.58. The number of benzene rings is 1. The molecule has 0 saturated heterocycles. The maximum Gasteiger partial charge on any atom is 0.392 e. The van der Waals surface area contributed by atoms with Crippen molar-refractivity contribution in [3.63, 3.8) is 0 Å². The molecule has 1 atom stereocenters. The number of halogens is 4. The molecule has 18 heavy (non-hydrogen) atoms. The van der Waals surface area contributed by atoms with Crippen LogP contribution in [0.4, 0.5) is 17.6 Å². The van der Waals surface area contributed by atoms with Gasteiger partial charge in [0.15, 0.2) is 5.78 Å². The zero-order valence-electron chi connectivity index (χ0n) is 9.21. The Morgan fingerprint density at radius 2 is 1.78 bits per heavy atom. The van der Waals surface area contributed by atoms with E-state index < -0.39 is 36.5 Å². The van der Waals surface area contributed by atoms with E-state index in [0.29, 0.717) is 0 Å². The van der Waals surface area contributed by atoms with E-state index in [9.17, 15) is 27.2 Å². The lowest BCUT2D eigenvalue weighted by atomic mass is 9.95. The topological polar surface area (TPSA) is 34.1 Å². The Bertz CT molecular complexity index is 423. The lowest BCUT2D eigenvalue weighted by Gasteiger charge is -2.17. The molecule has 98 valence electrons. The molecule has 0 aliphatic carbocycles. The number of rotatable bonds is 5. The van der Waals surface area contributed by atoms with Gasteiger partial charge in [-0.1, -0.05) is 0 Å². The second-order valence-electron chi connectivity index (χ2n) is 3.78. The predicted molar refractivity (Wildman–Crippen MR) is 55.6 cm³/mol. The highest BCUT2D eigenvalue weighted by Gasteiger charge is 2.40. The van der Waals surface area contributed by atoms with E-state index in [1.54, 1.807) is 0 Å². The Morgan fingerprint density at radius 3 is 2.22 bits per heavy atom. The highest BCUT2D eigenvalue weighted by Crippen LogP contribution is 2.31. The van der Waals surface area contributed by atoms with Crippen LogP contribution < -0.4 is 0 Å². The number of hydrogen-bond acceptors (Lipinski definition) is 2. The van der Waals surface area contributed by atoms with Gasteiger partial charge in [-0.05, 0) is 24.3 Å². The SMILES string of the molecule is O=CCC(CC(=O)c1ccc(F)cc1)C(F)(F)F. The molecule has 6 heteroatoms. The fourth-order valence-electron chi connectivity index (χ4n) is 1.43. The van der Waals surface area contributed by atoms with Crippen molar-refractivity contribution in [2.24, 2.45) is 5.92 Å². The summed E-state index contributed by atoms with van der Waals surface area (Å²) in [7, 11) is 0. The molecule has 0 radical (unpaired) electrons. The van der Waals surface area contributed by atoms with E-state index in [0.717, 1.165) is 24.3 Å². The quantitative estimate of drug-likeness (QED) is 0.464. The Hall–Kier alpha value is -1.72. The number of hydrogen-bond donors (Lipinski definition) is 0. The molecule has 1 aromatic carbocycles. The number of aldehydes is 1. The van der Waals surface area contributed by atoms with Crippen LogP contribution in [0.15, 0.2) is 24.3 Å². The third-order valence-electron chi connectivity index (χ3n) is 2.44. The summed E-state index contributed by atoms with van der Waals surface area (Å²) in [5.41, 5.74) is -0.00320. The molecule has 2 nitrogen and oxygen atoms in total. The minimum Gasteiger partial charge on any atom is -0.303 e. The summed E-state index contributed by atoms with van der Waals surface area (Å²) in [5.74, 6) is -3.33. The van der Waals surface area contributed by atoms with Gasteiger partial charge in [0, 0.05) is 18.4 Å². The number of ketones is 1. The highest BCUT2D eigenvalue weighted by atomic mass is 19.4. The minimum atomic E-state index is -4.60. The van der Waals surface area contributed by atoms with E-state index in [1.165, 1.54) is 0 Å². The van der Waals surface area contributed by atoms with Gasteiger partial charge < -0.3 is 4.79 Å². The first-order valence-electron chi connectivity index (χ1n) is 5.13. The van der Waals surface area contributed by atoms with Crippen molar-refractivity contribution in [2.75, 3.05) is 0 Å². The van der Waals surface area contributed by atoms with Gasteiger partial charge in [-0.2, -0.15) is 13.2 Å². The summed E-state index contributed by atoms with van der Waals surface area (Å²) < 4.78 is 50.0. The summed E-state index contributed by atoms with van der Waals surface area (Å²) in [4.78, 5) is 21.7. The van der Waals surface area contributed by atoms with E-state index in [4.69, 9.17) is 0 Å². The van der Waals surface area contributed by atoms with Gasteiger partial charge >= 0.3 is 6.18 Å². The fraction of sp³-hybridized carbons (Fsp3) is 0.333. The van der Waals surface area contributed by atoms with Crippen LogP contribution >= 0.6 is 0 Å². The fourth-order valence-corrected chi connectivity index (χ4v) is 1.43. The third-order valence-corrected chi connectivity index (χ3v) is 2.44. The monoisotopic (exact) mass is 262 g/mol. The molecule has 0 aliphatic rings. The molecule has 0 bridgehead atoms. The second-order valence-corrected chi connectivity index (χ2v) is 3.78. The van der Waals surface area contributed by atoms with Gasteiger partial charge in [-0.15, -0.1) is 0 Å². The molecule has 0 spiro atoms. The molecular formula is C12H10F4O2. The molecule has 0 aromatic heterocycles. The van der Waals surface area contributed by atoms with Crippen LogP contribution in [-0.4, -0.2) is 18.2 Å². The zero-order valence-corrected chi connectivity index (χ0v) is 9.21. The molecule has 0 aliphatic heterocycles. The summed E-state index contributed by atoms with van der Waals surface area (Å²) in [5, 5.41) is 0. The van der Waals surface area contributed by atoms with Crippen molar-refractivity contribution in [1.29, 1.82) is 0 Å². The molecule has 0 N–H and O–H groups in total. The van der Waals surface area contributed by atoms with Crippen LogP contribution in [0.25, 0.3) is 0 Å². The van der Waals surface area contributed by atoms with Gasteiger partial charge in [0.05, 0.1) is 5.92 Å². The first-order chi connectivity index (χ1) is 8.34. The van der Waals surface area contributed by atoms with Crippen LogP contribution in [0.3, 0.4) is 0 Å². The van der Waals surface area contributed by atoms with E-state index in [-0.39, 0.29) is 11.8 Å². The summed E-state index contributed by atoms with van der Waals surface area (Å²) in [6.07, 6.45) is -6.03. The summed E-state index contributed by atoms with van der Waals surface area (Å²) in [6, 6.07) is 4.23. The number of alkyl halides is 3. The summed E-state index contributed by atoms with van der Waals surface area (Å²) >= 11 is 0. The Balaban J connectivity index is 2.78. The van der Waals surface area contributed by atoms with E-state index in [2.05, 4.69) is 0 Å². The minimum absolute atomic E-state index is 0.00320. The van der Waals surface area contributed by atoms with Gasteiger partial charge in [0.2, 0.25) is 0 Å². The van der Waals surface area contributed by atoms with Crippen molar-refractivity contribution in [1.82, 2.24) is 0 Å². The molecule has 1 unspecified atom stereocenters. The number of Topliss-reactive ketones (excluding diaryl/α,β-unsaturated/α-hetero) is 1. The summed E-state index contributed by atoms with van der Waals surface area (Å²) in [6.45, 7) is 0. The van der Waals surface area contributed by atoms with Crippen molar-refractivity contribution in [2.45, 2.75) is 19.0 Å². The largest absolute Gasteiger partial charge is 0.392 e. The van der Waals surface area contributed by atoms with Gasteiger partial charge in [-0.3, -0.25) is 4.79 Å². The van der Waals surface area contributed by atoms with Crippen LogP contribution in [0.2, 0.25) is 0 Å². The van der Waals surface area contributed by atoms with E-state index in [1.807, 2.05) is 0 Å². The third kappa shape index (κ3) is 3.94. The highest BCUT2D eigenvalue weighted by molar-refractivity contribution is 5.96. The molecule has 1 aromatic rings. The number of carbonyl (C=O) groups is 2. The van der Waals surface area contributed by atoms with Crippen molar-refractivity contribution < 1.29 is 27.2 Å². The molecular weight excluding hydrogens is 252 g/mol. The number of carbonyl (C=O) groups excluding carboxylic acids is 2. The molecule has 0 amide bonds. The Labute approximate surface area is 101 Å². The average molecular weight is 262 g/mol. The van der Waals surface area contributed by atoms with Crippen LogP contribution in [0.1, 0.15) is 23.2 Å². The first-order valence-corrected chi connectivity index (χ1v) is 5.13. The lowest BCUT2D eigenvalue weighted by molar-refractivity contribution is -0.175. The van der Waals surface area contributed by atoms with Crippen LogP contribution in [-0.2, 0) is 4.79 Å². The van der Waals surface area contributed by atoms with Gasteiger partial charge in [0.1, 0.15) is 12.1 Å². The normalized spacial score (nSPS) is 13.1. The van der Waals surface area contributed by atoms with Crippen molar-refractivity contribution in [3.05, 3.63) is 35.6 Å². The maximum absolute atomic E-state index is 12.6.